The summed E-state index contributed by atoms with van der Waals surface area (Å²) in [6, 6.07) is 26.5. The molecule has 5 rings (SSSR count). The molecule has 0 atom stereocenters. The Balaban J connectivity index is 2.02. The first kappa shape index (κ1) is 23.6. The summed E-state index contributed by atoms with van der Waals surface area (Å²) in [5.41, 5.74) is 10.8. The molecular formula is C33H39N2+. The Hall–Kier alpha value is -3.13. The van der Waals surface area contributed by atoms with E-state index in [-0.39, 0.29) is 16.2 Å². The van der Waals surface area contributed by atoms with E-state index in [1.165, 1.54) is 50.7 Å². The molecule has 0 saturated carbocycles. The molecule has 35 heavy (non-hydrogen) atoms. The molecule has 0 spiro atoms. The third kappa shape index (κ3) is 3.26. The number of rotatable bonds is 2. The third-order valence-corrected chi connectivity index (χ3v) is 8.70. The van der Waals surface area contributed by atoms with Gasteiger partial charge in [-0.15, -0.1) is 0 Å². The van der Waals surface area contributed by atoms with E-state index in [9.17, 15) is 0 Å². The van der Waals surface area contributed by atoms with Crippen molar-refractivity contribution in [1.82, 2.24) is 4.57 Å². The Morgan fingerprint density at radius 1 is 0.743 bits per heavy atom. The maximum absolute atomic E-state index is 2.53. The smallest absolute Gasteiger partial charge is 0.225 e. The highest BCUT2D eigenvalue weighted by atomic mass is 15.2. The number of para-hydroxylation sites is 1. The fourth-order valence-electron chi connectivity index (χ4n) is 6.21. The summed E-state index contributed by atoms with van der Waals surface area (Å²) >= 11 is 0. The Bertz CT molecular complexity index is 1410. The average molecular weight is 464 g/mol. The Labute approximate surface area is 211 Å². The van der Waals surface area contributed by atoms with E-state index < -0.39 is 0 Å². The summed E-state index contributed by atoms with van der Waals surface area (Å²) in [5.74, 6) is 1.22. The maximum Gasteiger partial charge on any atom is 0.294 e. The quantitative estimate of drug-likeness (QED) is 0.268. The minimum atomic E-state index is -0.106. The van der Waals surface area contributed by atoms with E-state index in [2.05, 4.69) is 144 Å². The first-order valence-corrected chi connectivity index (χ1v) is 12.8. The first-order chi connectivity index (χ1) is 16.4. The molecule has 0 bridgehead atoms. The van der Waals surface area contributed by atoms with E-state index in [4.69, 9.17) is 0 Å². The Morgan fingerprint density at radius 2 is 1.31 bits per heavy atom. The van der Waals surface area contributed by atoms with Gasteiger partial charge in [0.1, 0.15) is 5.69 Å². The molecule has 0 amide bonds. The van der Waals surface area contributed by atoms with Crippen LogP contribution in [0.25, 0.3) is 28.3 Å². The zero-order valence-electron chi connectivity index (χ0n) is 22.8. The number of imidazole rings is 1. The first-order valence-electron chi connectivity index (χ1n) is 12.8. The topological polar surface area (TPSA) is 8.81 Å². The lowest BCUT2D eigenvalue weighted by atomic mass is 9.56. The molecule has 0 saturated heterocycles. The highest BCUT2D eigenvalue weighted by Crippen LogP contribution is 2.56. The van der Waals surface area contributed by atoms with Gasteiger partial charge in [-0.1, -0.05) is 97.0 Å². The fourth-order valence-corrected chi connectivity index (χ4v) is 6.21. The molecule has 2 heteroatoms. The lowest BCUT2D eigenvalue weighted by Crippen LogP contribution is -2.46. The molecular weight excluding hydrogens is 424 g/mol. The molecule has 1 aliphatic rings. The predicted octanol–water partition coefficient (Wildman–Crippen LogP) is 7.81. The van der Waals surface area contributed by atoms with Gasteiger partial charge in [-0.25, -0.2) is 4.57 Å². The Kier molecular flexibility index (Phi) is 5.18. The second kappa shape index (κ2) is 7.68. The average Bonchev–Trinajstić information content (AvgIpc) is 3.11. The van der Waals surface area contributed by atoms with Gasteiger partial charge in [-0.05, 0) is 53.3 Å². The standard InChI is InChI=1S/C33H39N2/c1-22-25(31(2,3)4)20-21-26-27(22)28-29(33(7,8)32(26,5)6)35(24-18-14-11-15-19-24)30(34(28)9)23-16-12-10-13-17-23/h10-21H,1-9H3/q+1. The van der Waals surface area contributed by atoms with Gasteiger partial charge in [-0.2, -0.15) is 4.57 Å². The van der Waals surface area contributed by atoms with Gasteiger partial charge < -0.3 is 0 Å². The van der Waals surface area contributed by atoms with Crippen molar-refractivity contribution in [2.75, 3.05) is 0 Å². The van der Waals surface area contributed by atoms with Crippen molar-refractivity contribution >= 4 is 0 Å². The van der Waals surface area contributed by atoms with Crippen molar-refractivity contribution in [3.63, 3.8) is 0 Å². The second-order valence-corrected chi connectivity index (χ2v) is 12.3. The molecule has 4 aromatic rings. The monoisotopic (exact) mass is 463 g/mol. The van der Waals surface area contributed by atoms with Crippen molar-refractivity contribution in [3.8, 4) is 28.3 Å². The zero-order chi connectivity index (χ0) is 25.3. The van der Waals surface area contributed by atoms with Gasteiger partial charge in [0, 0.05) is 16.4 Å². The van der Waals surface area contributed by atoms with Crippen LogP contribution >= 0.6 is 0 Å². The summed E-state index contributed by atoms with van der Waals surface area (Å²) in [4.78, 5) is 0. The van der Waals surface area contributed by atoms with Crippen molar-refractivity contribution in [3.05, 3.63) is 95.2 Å². The second-order valence-electron chi connectivity index (χ2n) is 12.3. The minimum absolute atomic E-state index is 0.0532. The molecule has 2 nitrogen and oxygen atoms in total. The highest BCUT2D eigenvalue weighted by molar-refractivity contribution is 5.78. The van der Waals surface area contributed by atoms with Crippen LogP contribution in [0.15, 0.2) is 72.8 Å². The molecule has 0 unspecified atom stereocenters. The van der Waals surface area contributed by atoms with Crippen molar-refractivity contribution < 1.29 is 4.57 Å². The minimum Gasteiger partial charge on any atom is -0.225 e. The highest BCUT2D eigenvalue weighted by Gasteiger charge is 2.54. The molecule has 0 radical (unpaired) electrons. The van der Waals surface area contributed by atoms with Crippen LogP contribution in [0.2, 0.25) is 0 Å². The van der Waals surface area contributed by atoms with Crippen LogP contribution in [-0.2, 0) is 23.3 Å². The number of fused-ring (bicyclic) bond motifs is 3. The van der Waals surface area contributed by atoms with E-state index >= 15 is 0 Å². The number of nitrogens with zero attached hydrogens (tertiary/aromatic N) is 2. The normalized spacial score (nSPS) is 16.0. The van der Waals surface area contributed by atoms with Crippen LogP contribution in [0, 0.1) is 6.92 Å². The molecule has 180 valence electrons. The van der Waals surface area contributed by atoms with Gasteiger partial charge in [0.15, 0.2) is 11.4 Å². The third-order valence-electron chi connectivity index (χ3n) is 8.70. The molecule has 1 aromatic heterocycles. The Morgan fingerprint density at radius 3 is 1.89 bits per heavy atom. The largest absolute Gasteiger partial charge is 0.294 e. The summed E-state index contributed by atoms with van der Waals surface area (Å²) in [5, 5.41) is 0. The lowest BCUT2D eigenvalue weighted by molar-refractivity contribution is -0.648. The molecule has 1 heterocycles. The van der Waals surface area contributed by atoms with Crippen molar-refractivity contribution in [1.29, 1.82) is 0 Å². The van der Waals surface area contributed by atoms with E-state index in [1.807, 2.05) is 0 Å². The van der Waals surface area contributed by atoms with E-state index in [0.717, 1.165) is 0 Å². The molecule has 0 aliphatic heterocycles. The summed E-state index contributed by atoms with van der Waals surface area (Å²) in [6.07, 6.45) is 0. The SMILES string of the molecule is Cc1c(C(C)(C)C)ccc2c1-c1c(n(-c3ccccc3)c(-c3ccccc3)[n+]1C)C(C)(C)C2(C)C. The van der Waals surface area contributed by atoms with Gasteiger partial charge in [0.05, 0.1) is 12.6 Å². The molecule has 0 N–H and O–H groups in total. The number of hydrogen-bond acceptors (Lipinski definition) is 0. The lowest BCUT2D eigenvalue weighted by Gasteiger charge is -2.45. The number of benzene rings is 3. The molecule has 1 aliphatic carbocycles. The molecule has 0 fully saturated rings. The summed E-state index contributed by atoms with van der Waals surface area (Å²) < 4.78 is 4.98. The van der Waals surface area contributed by atoms with Crippen LogP contribution in [0.5, 0.6) is 0 Å². The van der Waals surface area contributed by atoms with Gasteiger partial charge >= 0.3 is 0 Å². The summed E-state index contributed by atoms with van der Waals surface area (Å²) in [7, 11) is 2.25. The number of aromatic nitrogens is 2. The van der Waals surface area contributed by atoms with Gasteiger partial charge in [-0.3, -0.25) is 0 Å². The van der Waals surface area contributed by atoms with Crippen molar-refractivity contribution in [2.24, 2.45) is 7.05 Å². The van der Waals surface area contributed by atoms with Crippen molar-refractivity contribution in [2.45, 2.75) is 71.6 Å². The van der Waals surface area contributed by atoms with Crippen LogP contribution in [-0.4, -0.2) is 4.57 Å². The number of hydrogen-bond donors (Lipinski definition) is 0. The van der Waals surface area contributed by atoms with Crippen LogP contribution in [0.3, 0.4) is 0 Å². The summed E-state index contributed by atoms with van der Waals surface area (Å²) in [6.45, 7) is 19.0. The van der Waals surface area contributed by atoms with Gasteiger partial charge in [0.25, 0.3) is 5.82 Å². The molecule has 3 aromatic carbocycles. The van der Waals surface area contributed by atoms with Crippen LogP contribution in [0.4, 0.5) is 0 Å². The van der Waals surface area contributed by atoms with Crippen LogP contribution < -0.4 is 4.57 Å². The van der Waals surface area contributed by atoms with Gasteiger partial charge in [0.2, 0.25) is 0 Å². The predicted molar refractivity (Wildman–Crippen MR) is 147 cm³/mol. The van der Waals surface area contributed by atoms with Crippen LogP contribution in [0.1, 0.15) is 70.9 Å². The van der Waals surface area contributed by atoms with E-state index in [1.54, 1.807) is 0 Å². The van der Waals surface area contributed by atoms with E-state index in [0.29, 0.717) is 0 Å². The zero-order valence-corrected chi connectivity index (χ0v) is 22.8. The fraction of sp³-hybridized carbons (Fsp3) is 0.364. The maximum atomic E-state index is 2.53.